The lowest BCUT2D eigenvalue weighted by molar-refractivity contribution is 0.0266. The van der Waals surface area contributed by atoms with Gasteiger partial charge in [-0.3, -0.25) is 0 Å². The lowest BCUT2D eigenvalue weighted by Gasteiger charge is -2.28. The van der Waals surface area contributed by atoms with Crippen LogP contribution in [0.3, 0.4) is 0 Å². The summed E-state index contributed by atoms with van der Waals surface area (Å²) >= 11 is 0. The summed E-state index contributed by atoms with van der Waals surface area (Å²) in [6.45, 7) is 10.3. The van der Waals surface area contributed by atoms with Crippen molar-refractivity contribution in [2.75, 3.05) is 19.6 Å². The van der Waals surface area contributed by atoms with Gasteiger partial charge in [-0.05, 0) is 52.0 Å². The number of nitrogens with zero attached hydrogens (tertiary/aromatic N) is 1. The molecule has 1 heterocycles. The van der Waals surface area contributed by atoms with Crippen LogP contribution in [0.15, 0.2) is 0 Å². The molecule has 0 radical (unpaired) electrons. The van der Waals surface area contributed by atoms with Crippen LogP contribution in [0.5, 0.6) is 0 Å². The maximum Gasteiger partial charge on any atom is 0.410 e. The summed E-state index contributed by atoms with van der Waals surface area (Å²) in [4.78, 5) is 14.0. The zero-order valence-electron chi connectivity index (χ0n) is 12.0. The van der Waals surface area contributed by atoms with Gasteiger partial charge in [0.25, 0.3) is 0 Å². The summed E-state index contributed by atoms with van der Waals surface area (Å²) in [5.41, 5.74) is 5.71. The average molecular weight is 254 g/mol. The lowest BCUT2D eigenvalue weighted by Crippen LogP contribution is -2.39. The minimum Gasteiger partial charge on any atom is -0.444 e. The molecule has 2 rings (SSSR count). The first-order valence-corrected chi connectivity index (χ1v) is 6.94. The Morgan fingerprint density at radius 1 is 1.50 bits per heavy atom. The maximum atomic E-state index is 12.1. The van der Waals surface area contributed by atoms with Crippen molar-refractivity contribution in [3.8, 4) is 0 Å². The third kappa shape index (κ3) is 2.48. The normalized spacial score (nSPS) is 35.7. The van der Waals surface area contributed by atoms with Gasteiger partial charge in [0, 0.05) is 18.5 Å². The molecule has 0 aromatic heterocycles. The lowest BCUT2D eigenvalue weighted by atomic mass is 9.81. The van der Waals surface area contributed by atoms with E-state index >= 15 is 0 Å². The van der Waals surface area contributed by atoms with E-state index in [0.29, 0.717) is 12.5 Å². The molecule has 104 valence electrons. The predicted molar refractivity (Wildman–Crippen MR) is 71.2 cm³/mol. The van der Waals surface area contributed by atoms with Gasteiger partial charge in [-0.25, -0.2) is 4.79 Å². The van der Waals surface area contributed by atoms with E-state index in [1.54, 1.807) is 0 Å². The largest absolute Gasteiger partial charge is 0.444 e. The number of hydrogen-bond donors (Lipinski definition) is 1. The zero-order valence-corrected chi connectivity index (χ0v) is 12.0. The van der Waals surface area contributed by atoms with Crippen LogP contribution in [0.2, 0.25) is 0 Å². The topological polar surface area (TPSA) is 55.6 Å². The summed E-state index contributed by atoms with van der Waals surface area (Å²) in [7, 11) is 0. The van der Waals surface area contributed by atoms with Gasteiger partial charge in [0.2, 0.25) is 0 Å². The monoisotopic (exact) mass is 254 g/mol. The Labute approximate surface area is 110 Å². The molecule has 1 amide bonds. The molecule has 4 heteroatoms. The number of rotatable bonds is 1. The summed E-state index contributed by atoms with van der Waals surface area (Å²) in [5.74, 6) is 1.30. The number of fused-ring (bicyclic) bond motifs is 1. The molecule has 1 saturated heterocycles. The van der Waals surface area contributed by atoms with Gasteiger partial charge in [0.1, 0.15) is 5.60 Å². The van der Waals surface area contributed by atoms with E-state index in [2.05, 4.69) is 6.92 Å². The predicted octanol–water partition coefficient (Wildman–Crippen LogP) is 2.23. The minimum absolute atomic E-state index is 0.149. The van der Waals surface area contributed by atoms with E-state index in [9.17, 15) is 4.79 Å². The average Bonchev–Trinajstić information content (AvgIpc) is 2.68. The van der Waals surface area contributed by atoms with Crippen molar-refractivity contribution in [2.45, 2.75) is 46.1 Å². The number of nitrogens with two attached hydrogens (primary N) is 1. The molecular weight excluding hydrogens is 228 g/mol. The van der Waals surface area contributed by atoms with E-state index in [1.165, 1.54) is 6.42 Å². The van der Waals surface area contributed by atoms with Crippen molar-refractivity contribution < 1.29 is 9.53 Å². The Morgan fingerprint density at radius 3 is 2.67 bits per heavy atom. The molecule has 1 aliphatic heterocycles. The summed E-state index contributed by atoms with van der Waals surface area (Å²) in [6, 6.07) is 0. The Kier molecular flexibility index (Phi) is 3.34. The maximum absolute atomic E-state index is 12.1. The van der Waals surface area contributed by atoms with Crippen LogP contribution in [-0.2, 0) is 4.74 Å². The second kappa shape index (κ2) is 4.41. The Morgan fingerprint density at radius 2 is 2.17 bits per heavy atom. The molecular formula is C14H26N2O2. The third-order valence-electron chi connectivity index (χ3n) is 4.31. The van der Waals surface area contributed by atoms with Gasteiger partial charge in [-0.2, -0.15) is 0 Å². The van der Waals surface area contributed by atoms with Crippen molar-refractivity contribution in [3.63, 3.8) is 0 Å². The minimum atomic E-state index is -0.419. The van der Waals surface area contributed by atoms with Crippen LogP contribution < -0.4 is 5.73 Å². The Balaban J connectivity index is 2.02. The number of ether oxygens (including phenoxy) is 1. The molecule has 2 N–H and O–H groups in total. The highest BCUT2D eigenvalue weighted by Crippen LogP contribution is 2.50. The summed E-state index contributed by atoms with van der Waals surface area (Å²) in [6.07, 6.45) is 2.15. The highest BCUT2D eigenvalue weighted by molar-refractivity contribution is 5.68. The van der Waals surface area contributed by atoms with Crippen LogP contribution >= 0.6 is 0 Å². The number of carbonyl (C=O) groups excluding carboxylic acids is 1. The molecule has 4 nitrogen and oxygen atoms in total. The van der Waals surface area contributed by atoms with Gasteiger partial charge < -0.3 is 15.4 Å². The van der Waals surface area contributed by atoms with Crippen molar-refractivity contribution in [2.24, 2.45) is 23.0 Å². The van der Waals surface area contributed by atoms with Crippen LogP contribution in [0.1, 0.15) is 40.5 Å². The standard InChI is InChI=1S/C14H26N2O2/c1-10-5-11-7-16(9-14(11,6-10)8-15)12(17)18-13(2,3)4/h10-11H,5-9,15H2,1-4H3/t10?,11?,14-/m0/s1. The number of carbonyl (C=O) groups is 1. The van der Waals surface area contributed by atoms with Gasteiger partial charge in [-0.15, -0.1) is 0 Å². The van der Waals surface area contributed by atoms with Crippen LogP contribution in [-0.4, -0.2) is 36.2 Å². The fourth-order valence-electron chi connectivity index (χ4n) is 3.63. The number of hydrogen-bond acceptors (Lipinski definition) is 3. The van der Waals surface area contributed by atoms with E-state index < -0.39 is 5.60 Å². The fraction of sp³-hybridized carbons (Fsp3) is 0.929. The molecule has 18 heavy (non-hydrogen) atoms. The van der Waals surface area contributed by atoms with Crippen LogP contribution in [0, 0.1) is 17.3 Å². The zero-order chi connectivity index (χ0) is 13.6. The van der Waals surface area contributed by atoms with Gasteiger partial charge >= 0.3 is 6.09 Å². The van der Waals surface area contributed by atoms with Crippen LogP contribution in [0.4, 0.5) is 4.79 Å². The first kappa shape index (κ1) is 13.7. The molecule has 0 spiro atoms. The molecule has 2 fully saturated rings. The van der Waals surface area contributed by atoms with Gasteiger partial charge in [0.05, 0.1) is 0 Å². The molecule has 2 aliphatic rings. The van der Waals surface area contributed by atoms with Gasteiger partial charge in [-0.1, -0.05) is 6.92 Å². The Bertz CT molecular complexity index is 337. The molecule has 0 aromatic rings. The smallest absolute Gasteiger partial charge is 0.410 e. The third-order valence-corrected chi connectivity index (χ3v) is 4.31. The van der Waals surface area contributed by atoms with E-state index in [1.807, 2.05) is 25.7 Å². The van der Waals surface area contributed by atoms with Crippen molar-refractivity contribution in [1.82, 2.24) is 4.90 Å². The molecule has 2 unspecified atom stereocenters. The first-order chi connectivity index (χ1) is 8.26. The van der Waals surface area contributed by atoms with E-state index in [0.717, 1.165) is 25.4 Å². The van der Waals surface area contributed by atoms with Crippen molar-refractivity contribution in [1.29, 1.82) is 0 Å². The van der Waals surface area contributed by atoms with Crippen molar-refractivity contribution in [3.05, 3.63) is 0 Å². The van der Waals surface area contributed by atoms with E-state index in [4.69, 9.17) is 10.5 Å². The SMILES string of the molecule is CC1CC2CN(C(=O)OC(C)(C)C)C[C@@]2(CN)C1. The van der Waals surface area contributed by atoms with Crippen LogP contribution in [0.25, 0.3) is 0 Å². The highest BCUT2D eigenvalue weighted by Gasteiger charge is 2.52. The Hall–Kier alpha value is -0.770. The summed E-state index contributed by atoms with van der Waals surface area (Å²) < 4.78 is 5.45. The van der Waals surface area contributed by atoms with Gasteiger partial charge in [0.15, 0.2) is 0 Å². The number of amides is 1. The summed E-state index contributed by atoms with van der Waals surface area (Å²) in [5, 5.41) is 0. The highest BCUT2D eigenvalue weighted by atomic mass is 16.6. The fourth-order valence-corrected chi connectivity index (χ4v) is 3.63. The first-order valence-electron chi connectivity index (χ1n) is 6.94. The second-order valence-corrected chi connectivity index (χ2v) is 7.17. The second-order valence-electron chi connectivity index (χ2n) is 7.17. The number of likely N-dealkylation sites (tertiary alicyclic amines) is 1. The molecule has 0 bridgehead atoms. The van der Waals surface area contributed by atoms with E-state index in [-0.39, 0.29) is 11.5 Å². The quantitative estimate of drug-likeness (QED) is 0.780. The van der Waals surface area contributed by atoms with Crippen molar-refractivity contribution >= 4 is 6.09 Å². The molecule has 1 aliphatic carbocycles. The molecule has 1 saturated carbocycles. The molecule has 0 aromatic carbocycles. The molecule has 3 atom stereocenters.